The van der Waals surface area contributed by atoms with E-state index in [1.165, 1.54) is 0 Å². The average molecular weight is 170 g/mol. The molecule has 0 aromatic heterocycles. The third-order valence-corrected chi connectivity index (χ3v) is 3.64. The van der Waals surface area contributed by atoms with E-state index in [1.54, 1.807) is 0 Å². The Balaban J connectivity index is 2.21. The van der Waals surface area contributed by atoms with Gasteiger partial charge in [-0.15, -0.1) is 0 Å². The zero-order valence-electron chi connectivity index (χ0n) is 7.97. The van der Waals surface area contributed by atoms with Crippen molar-refractivity contribution in [1.82, 2.24) is 0 Å². The van der Waals surface area contributed by atoms with Crippen LogP contribution in [-0.4, -0.2) is 22.9 Å². The Morgan fingerprint density at radius 1 is 1.25 bits per heavy atom. The van der Waals surface area contributed by atoms with Crippen LogP contribution in [0.25, 0.3) is 0 Å². The van der Waals surface area contributed by atoms with Crippen molar-refractivity contribution >= 4 is 0 Å². The molecule has 3 rings (SSSR count). The molecule has 1 unspecified atom stereocenters. The highest BCUT2D eigenvalue weighted by molar-refractivity contribution is 4.95. The summed E-state index contributed by atoms with van der Waals surface area (Å²) in [7, 11) is 0. The molecule has 0 aromatic rings. The first-order valence-electron chi connectivity index (χ1n) is 4.88. The second-order valence-corrected chi connectivity index (χ2v) is 4.87. The molecule has 1 atom stereocenters. The molecule has 0 radical (unpaired) electrons. The molecule has 12 heavy (non-hydrogen) atoms. The summed E-state index contributed by atoms with van der Waals surface area (Å²) in [6.45, 7) is 4.60. The van der Waals surface area contributed by atoms with Crippen LogP contribution in [0, 0.1) is 5.92 Å². The summed E-state index contributed by atoms with van der Waals surface area (Å²) in [5.41, 5.74) is -0.509. The van der Waals surface area contributed by atoms with Crippen molar-refractivity contribution in [2.45, 2.75) is 50.7 Å². The molecule has 0 aromatic carbocycles. The summed E-state index contributed by atoms with van der Waals surface area (Å²) in [6.07, 6.45) is 4.49. The Kier molecular flexibility index (Phi) is 1.74. The van der Waals surface area contributed by atoms with E-state index in [0.717, 1.165) is 25.7 Å². The molecule has 2 nitrogen and oxygen atoms in total. The van der Waals surface area contributed by atoms with Crippen LogP contribution in [0.3, 0.4) is 0 Å². The number of hydrogen-bond acceptors (Lipinski definition) is 2. The maximum atomic E-state index is 10.0. The van der Waals surface area contributed by atoms with E-state index in [4.69, 9.17) is 4.74 Å². The number of aliphatic hydroxyl groups is 1. The quantitative estimate of drug-likeness (QED) is 0.599. The first-order chi connectivity index (χ1) is 5.52. The van der Waals surface area contributed by atoms with Gasteiger partial charge in [-0.3, -0.25) is 0 Å². The number of hydrogen-bond donors (Lipinski definition) is 1. The third kappa shape index (κ3) is 1.27. The smallest absolute Gasteiger partial charge is 0.0880 e. The summed E-state index contributed by atoms with van der Waals surface area (Å²) < 4.78 is 5.75. The van der Waals surface area contributed by atoms with Gasteiger partial charge < -0.3 is 9.84 Å². The predicted octanol–water partition coefficient (Wildman–Crippen LogP) is 1.72. The lowest BCUT2D eigenvalue weighted by Crippen LogP contribution is -2.37. The van der Waals surface area contributed by atoms with Crippen LogP contribution in [0.5, 0.6) is 0 Å². The zero-order valence-corrected chi connectivity index (χ0v) is 7.97. The topological polar surface area (TPSA) is 29.5 Å². The highest BCUT2D eigenvalue weighted by Crippen LogP contribution is 2.43. The molecule has 2 bridgehead atoms. The third-order valence-electron chi connectivity index (χ3n) is 3.64. The summed E-state index contributed by atoms with van der Waals surface area (Å²) >= 11 is 0. The first kappa shape index (κ1) is 8.52. The molecule has 2 heteroatoms. The van der Waals surface area contributed by atoms with Gasteiger partial charge >= 0.3 is 0 Å². The molecular formula is C10H18O2. The fourth-order valence-corrected chi connectivity index (χ4v) is 2.43. The highest BCUT2D eigenvalue weighted by atomic mass is 16.5. The standard InChI is InChI=1S/C10H18O2/c1-9-5-3-8(4-6-9)10(2,11)7-12-9/h8,11H,3-7H2,1-2H3. The van der Waals surface area contributed by atoms with Gasteiger partial charge in [0.25, 0.3) is 0 Å². The van der Waals surface area contributed by atoms with E-state index in [1.807, 2.05) is 6.92 Å². The van der Waals surface area contributed by atoms with Crippen molar-refractivity contribution in [2.75, 3.05) is 6.61 Å². The minimum Gasteiger partial charge on any atom is -0.387 e. The molecule has 1 saturated carbocycles. The van der Waals surface area contributed by atoms with Gasteiger partial charge in [-0.25, -0.2) is 0 Å². The van der Waals surface area contributed by atoms with Gasteiger partial charge in [0.15, 0.2) is 0 Å². The van der Waals surface area contributed by atoms with Gasteiger partial charge in [-0.1, -0.05) is 0 Å². The van der Waals surface area contributed by atoms with E-state index >= 15 is 0 Å². The zero-order chi connectivity index (χ0) is 8.82. The van der Waals surface area contributed by atoms with Gasteiger partial charge in [0, 0.05) is 0 Å². The molecule has 1 N–H and O–H groups in total. The Morgan fingerprint density at radius 3 is 2.42 bits per heavy atom. The minimum atomic E-state index is -0.575. The van der Waals surface area contributed by atoms with Crippen LogP contribution in [0.15, 0.2) is 0 Å². The fraction of sp³-hybridized carbons (Fsp3) is 1.00. The van der Waals surface area contributed by atoms with E-state index in [-0.39, 0.29) is 5.60 Å². The molecule has 0 spiro atoms. The predicted molar refractivity (Wildman–Crippen MR) is 46.9 cm³/mol. The SMILES string of the molecule is CC12CCC(CC1)C(C)(O)CO2. The van der Waals surface area contributed by atoms with Crippen molar-refractivity contribution < 1.29 is 9.84 Å². The minimum absolute atomic E-state index is 0.0665. The lowest BCUT2D eigenvalue weighted by molar-refractivity contribution is -0.0842. The second kappa shape index (κ2) is 2.46. The molecule has 1 aliphatic carbocycles. The maximum absolute atomic E-state index is 10.0. The lowest BCUT2D eigenvalue weighted by Gasteiger charge is -2.33. The lowest BCUT2D eigenvalue weighted by atomic mass is 9.75. The maximum Gasteiger partial charge on any atom is 0.0880 e. The second-order valence-electron chi connectivity index (χ2n) is 4.87. The van der Waals surface area contributed by atoms with E-state index < -0.39 is 5.60 Å². The Hall–Kier alpha value is -0.0800. The van der Waals surface area contributed by atoms with Crippen LogP contribution < -0.4 is 0 Å². The van der Waals surface area contributed by atoms with Gasteiger partial charge in [-0.05, 0) is 45.4 Å². The molecule has 3 aliphatic rings. The first-order valence-corrected chi connectivity index (χ1v) is 4.88. The van der Waals surface area contributed by atoms with Crippen molar-refractivity contribution in [2.24, 2.45) is 5.92 Å². The van der Waals surface area contributed by atoms with Crippen molar-refractivity contribution in [3.63, 3.8) is 0 Å². The van der Waals surface area contributed by atoms with Crippen molar-refractivity contribution in [3.8, 4) is 0 Å². The highest BCUT2D eigenvalue weighted by Gasteiger charge is 2.44. The fourth-order valence-electron chi connectivity index (χ4n) is 2.43. The Morgan fingerprint density at radius 2 is 1.83 bits per heavy atom. The van der Waals surface area contributed by atoms with Crippen LogP contribution in [0.1, 0.15) is 39.5 Å². The van der Waals surface area contributed by atoms with Crippen LogP contribution >= 0.6 is 0 Å². The van der Waals surface area contributed by atoms with E-state index in [9.17, 15) is 5.11 Å². The van der Waals surface area contributed by atoms with Crippen LogP contribution in [-0.2, 0) is 4.74 Å². The molecule has 2 heterocycles. The Bertz CT molecular complexity index is 178. The summed E-state index contributed by atoms with van der Waals surface area (Å²) in [6, 6.07) is 0. The summed E-state index contributed by atoms with van der Waals surface area (Å²) in [4.78, 5) is 0. The monoisotopic (exact) mass is 170 g/mol. The largest absolute Gasteiger partial charge is 0.387 e. The van der Waals surface area contributed by atoms with Crippen molar-refractivity contribution in [3.05, 3.63) is 0 Å². The number of ether oxygens (including phenoxy) is 1. The number of fused-ring (bicyclic) bond motifs is 4. The molecular weight excluding hydrogens is 152 g/mol. The van der Waals surface area contributed by atoms with Gasteiger partial charge in [0.05, 0.1) is 17.8 Å². The number of rotatable bonds is 0. The average Bonchev–Trinajstić information content (AvgIpc) is 2.18. The molecule has 2 aliphatic heterocycles. The molecule has 3 fully saturated rings. The normalized spacial score (nSPS) is 53.8. The van der Waals surface area contributed by atoms with Crippen molar-refractivity contribution in [1.29, 1.82) is 0 Å². The molecule has 2 saturated heterocycles. The van der Waals surface area contributed by atoms with Gasteiger partial charge in [0.2, 0.25) is 0 Å². The van der Waals surface area contributed by atoms with Crippen LogP contribution in [0.2, 0.25) is 0 Å². The molecule has 70 valence electrons. The Labute approximate surface area is 73.9 Å². The van der Waals surface area contributed by atoms with Gasteiger partial charge in [0.1, 0.15) is 0 Å². The van der Waals surface area contributed by atoms with E-state index in [0.29, 0.717) is 12.5 Å². The van der Waals surface area contributed by atoms with E-state index in [2.05, 4.69) is 6.92 Å². The molecule has 0 amide bonds. The van der Waals surface area contributed by atoms with Gasteiger partial charge in [-0.2, -0.15) is 0 Å². The summed E-state index contributed by atoms with van der Waals surface area (Å²) in [5, 5.41) is 10.0. The van der Waals surface area contributed by atoms with Crippen LogP contribution in [0.4, 0.5) is 0 Å². The summed E-state index contributed by atoms with van der Waals surface area (Å²) in [5.74, 6) is 0.466.